The average molecular weight is 695 g/mol. The molecule has 0 amide bonds. The molecule has 0 fully saturated rings. The van der Waals surface area contributed by atoms with Crippen LogP contribution in [0.2, 0.25) is 0 Å². The summed E-state index contributed by atoms with van der Waals surface area (Å²) in [5, 5.41) is 3.68. The molecule has 2 aliphatic heterocycles. The molecule has 256 valence electrons. The number of ether oxygens (including phenoxy) is 1. The van der Waals surface area contributed by atoms with Gasteiger partial charge in [-0.25, -0.2) is 5.09 Å². The zero-order chi connectivity index (χ0) is 34.9. The predicted molar refractivity (Wildman–Crippen MR) is 203 cm³/mol. The van der Waals surface area contributed by atoms with E-state index < -0.39 is 13.9 Å². The minimum absolute atomic E-state index is 0.0385. The first kappa shape index (κ1) is 33.9. The lowest BCUT2D eigenvalue weighted by Gasteiger charge is -2.38. The van der Waals surface area contributed by atoms with Crippen molar-refractivity contribution in [2.24, 2.45) is 0 Å². The van der Waals surface area contributed by atoms with Crippen molar-refractivity contribution in [1.82, 2.24) is 9.42 Å². The minimum Gasteiger partial charge on any atom is -0.451 e. The maximum atomic E-state index is 7.04. The molecule has 3 aromatic carbocycles. The van der Waals surface area contributed by atoms with Crippen LogP contribution in [0.4, 0.5) is 0 Å². The van der Waals surface area contributed by atoms with Gasteiger partial charge in [0, 0.05) is 27.9 Å². The normalized spacial score (nSPS) is 19.5. The number of nitrogens with zero attached hydrogens (tertiary/aromatic N) is 1. The number of aryl methyl sites for hydroxylation is 2. The van der Waals surface area contributed by atoms with Gasteiger partial charge in [-0.3, -0.25) is 4.34 Å². The number of benzene rings is 3. The Bertz CT molecular complexity index is 1970. The van der Waals surface area contributed by atoms with E-state index in [9.17, 15) is 0 Å². The Labute approximate surface area is 294 Å². The van der Waals surface area contributed by atoms with Crippen molar-refractivity contribution in [3.63, 3.8) is 0 Å². The summed E-state index contributed by atoms with van der Waals surface area (Å²) in [6.07, 6.45) is 7.31. The quantitative estimate of drug-likeness (QED) is 0.211. The Morgan fingerprint density at radius 1 is 0.857 bits per heavy atom. The Balaban J connectivity index is 1.35. The monoisotopic (exact) mass is 694 g/mol. The molecule has 4 aromatic rings. The lowest BCUT2D eigenvalue weighted by Crippen LogP contribution is -2.30. The lowest BCUT2D eigenvalue weighted by atomic mass is 9.72. The highest BCUT2D eigenvalue weighted by molar-refractivity contribution is 7.45. The van der Waals surface area contributed by atoms with Crippen LogP contribution >= 0.6 is 17.5 Å². The Morgan fingerprint density at radius 2 is 1.47 bits per heavy atom. The van der Waals surface area contributed by atoms with Crippen molar-refractivity contribution in [2.45, 2.75) is 97.9 Å². The van der Waals surface area contributed by atoms with E-state index in [1.807, 2.05) is 12.1 Å². The van der Waals surface area contributed by atoms with E-state index in [0.717, 1.165) is 40.4 Å². The predicted octanol–water partition coefficient (Wildman–Crippen LogP) is 11.3. The molecule has 1 N–H and O–H groups in total. The van der Waals surface area contributed by atoms with Crippen LogP contribution in [0.5, 0.6) is 28.7 Å². The van der Waals surface area contributed by atoms with E-state index in [-0.39, 0.29) is 25.8 Å². The summed E-state index contributed by atoms with van der Waals surface area (Å²) in [6, 6.07) is 21.5. The summed E-state index contributed by atoms with van der Waals surface area (Å²) in [7, 11) is -1.51. The first-order valence-corrected chi connectivity index (χ1v) is 19.1. The van der Waals surface area contributed by atoms with E-state index in [2.05, 4.69) is 145 Å². The third-order valence-corrected chi connectivity index (χ3v) is 12.3. The van der Waals surface area contributed by atoms with Gasteiger partial charge in [0.1, 0.15) is 5.75 Å². The van der Waals surface area contributed by atoms with E-state index in [0.29, 0.717) is 11.5 Å². The third-order valence-electron chi connectivity index (χ3n) is 9.90. The van der Waals surface area contributed by atoms with Crippen molar-refractivity contribution < 1.29 is 18.3 Å². The molecule has 8 heteroatoms. The smallest absolute Gasteiger partial charge is 0.382 e. The molecule has 6 nitrogen and oxygen atoms in total. The van der Waals surface area contributed by atoms with Crippen LogP contribution in [0.15, 0.2) is 84.5 Å². The maximum Gasteiger partial charge on any atom is 0.382 e. The summed E-state index contributed by atoms with van der Waals surface area (Å²) < 4.78 is 29.6. The number of hydrogen-bond donors (Lipinski definition) is 1. The average Bonchev–Trinajstić information content (AvgIpc) is 3.58. The molecule has 49 heavy (non-hydrogen) atoms. The number of nitrogens with one attached hydrogen (secondary N) is 1. The van der Waals surface area contributed by atoms with Crippen LogP contribution in [0, 0.1) is 13.8 Å². The fraction of sp³-hybridized carbons (Fsp3) is 0.366. The highest BCUT2D eigenvalue weighted by atomic mass is 31.2. The minimum atomic E-state index is -1.59. The first-order chi connectivity index (χ1) is 23.1. The lowest BCUT2D eigenvalue weighted by molar-refractivity contribution is 0.375. The standard InChI is InChI=1S/C41H48N2O4P2/c1-25-18-19-26(2)43(25)48-45-35-23-29(39(3,4)5)21-31-37(35)44-38-32(41(31,9)10)22-30(40(6,7)8)24-36(38)47-49-42-33-16-13-15-27(33)20-28-14-11-12-17-34(28)46-49/h11-19,21-24,33,42,48H,20H2,1-10H3. The summed E-state index contributed by atoms with van der Waals surface area (Å²) in [5.41, 5.74) is 8.73. The highest BCUT2D eigenvalue weighted by Crippen LogP contribution is 2.58. The van der Waals surface area contributed by atoms with Crippen LogP contribution in [0.25, 0.3) is 0 Å². The van der Waals surface area contributed by atoms with Crippen molar-refractivity contribution in [3.05, 3.63) is 124 Å². The molecule has 0 saturated heterocycles. The van der Waals surface area contributed by atoms with Gasteiger partial charge in [-0.2, -0.15) is 0 Å². The second kappa shape index (κ2) is 12.3. The first-order valence-electron chi connectivity index (χ1n) is 17.1. The molecule has 0 spiro atoms. The zero-order valence-corrected chi connectivity index (χ0v) is 32.2. The van der Waals surface area contributed by atoms with Crippen molar-refractivity contribution in [1.29, 1.82) is 0 Å². The number of aromatic nitrogens is 1. The maximum absolute atomic E-state index is 7.04. The Morgan fingerprint density at radius 3 is 2.12 bits per heavy atom. The fourth-order valence-corrected chi connectivity index (χ4v) is 8.71. The second-order valence-electron chi connectivity index (χ2n) is 16.0. The van der Waals surface area contributed by atoms with Crippen molar-refractivity contribution in [2.75, 3.05) is 0 Å². The van der Waals surface area contributed by atoms with Gasteiger partial charge in [0.05, 0.1) is 6.04 Å². The van der Waals surface area contributed by atoms with Crippen LogP contribution in [0.3, 0.4) is 0 Å². The summed E-state index contributed by atoms with van der Waals surface area (Å²) in [6.45, 7) is 22.3. The third kappa shape index (κ3) is 6.45. The Hall–Kier alpha value is -3.56. The van der Waals surface area contributed by atoms with E-state index in [4.69, 9.17) is 18.3 Å². The largest absolute Gasteiger partial charge is 0.451 e. The van der Waals surface area contributed by atoms with Gasteiger partial charge >= 0.3 is 8.53 Å². The second-order valence-corrected chi connectivity index (χ2v) is 18.0. The molecule has 1 aliphatic carbocycles. The summed E-state index contributed by atoms with van der Waals surface area (Å²) >= 11 is 0. The van der Waals surface area contributed by atoms with Gasteiger partial charge in [0.2, 0.25) is 0 Å². The zero-order valence-electron chi connectivity index (χ0n) is 30.3. The van der Waals surface area contributed by atoms with Gasteiger partial charge < -0.3 is 18.3 Å². The van der Waals surface area contributed by atoms with Gasteiger partial charge in [-0.15, -0.1) is 0 Å². The SMILES string of the molecule is Cc1ccc(C)n1POc1cc(C(C)(C)C)cc2c1Oc1c(OP3NC4C=CC=C4Cc4ccccc4O3)cc(C(C)(C)C)cc1C2(C)C. The Kier molecular flexibility index (Phi) is 8.54. The number of allylic oxidation sites excluding steroid dienone is 2. The molecule has 0 saturated carbocycles. The number of rotatable bonds is 5. The fourth-order valence-electron chi connectivity index (χ4n) is 6.64. The van der Waals surface area contributed by atoms with Crippen molar-refractivity contribution >= 4 is 17.5 Å². The molecule has 3 heterocycles. The van der Waals surface area contributed by atoms with E-state index in [1.54, 1.807) is 0 Å². The topological polar surface area (TPSA) is 53.9 Å². The number of para-hydroxylation sites is 1. The molecule has 7 rings (SSSR count). The molecular formula is C41H48N2O4P2. The van der Waals surface area contributed by atoms with E-state index >= 15 is 0 Å². The number of fused-ring (bicyclic) bond motifs is 4. The highest BCUT2D eigenvalue weighted by Gasteiger charge is 2.41. The molecule has 3 aliphatic rings. The molecular weight excluding hydrogens is 646 g/mol. The van der Waals surface area contributed by atoms with Gasteiger partial charge in [0.15, 0.2) is 32.0 Å². The van der Waals surface area contributed by atoms with Gasteiger partial charge in [0.25, 0.3) is 0 Å². The van der Waals surface area contributed by atoms with Crippen molar-refractivity contribution in [3.8, 4) is 28.7 Å². The van der Waals surface area contributed by atoms with Gasteiger partial charge in [-0.1, -0.05) is 104 Å². The molecule has 3 unspecified atom stereocenters. The summed E-state index contributed by atoms with van der Waals surface area (Å²) in [4.78, 5) is 0. The summed E-state index contributed by atoms with van der Waals surface area (Å²) in [5.74, 6) is 3.68. The van der Waals surface area contributed by atoms with E-state index in [1.165, 1.54) is 28.1 Å². The molecule has 0 radical (unpaired) electrons. The van der Waals surface area contributed by atoms with Crippen LogP contribution in [-0.2, 0) is 22.7 Å². The van der Waals surface area contributed by atoms with Crippen LogP contribution in [-0.4, -0.2) is 10.4 Å². The molecule has 0 bridgehead atoms. The number of hydrogen-bond acceptors (Lipinski definition) is 5. The molecule has 3 atom stereocenters. The molecule has 1 aromatic heterocycles. The van der Waals surface area contributed by atoms with Gasteiger partial charge in [-0.05, 0) is 83.7 Å². The van der Waals surface area contributed by atoms with Crippen LogP contribution < -0.4 is 23.4 Å². The van der Waals surface area contributed by atoms with Crippen LogP contribution in [0.1, 0.15) is 94.6 Å².